The fraction of sp³-hybridized carbons (Fsp3) is 0.667. The molecule has 0 aliphatic carbocycles. The van der Waals surface area contributed by atoms with Gasteiger partial charge in [0.2, 0.25) is 0 Å². The first-order chi connectivity index (χ1) is 6.41. The third-order valence-electron chi connectivity index (χ3n) is 1.12. The van der Waals surface area contributed by atoms with E-state index in [0.717, 1.165) is 0 Å². The standard InChI is InChI=1S/C9H14O5/c1-6(2)13-14-9(12)5-8(11)4-7(3)10/h6H,4-5H2,1-3H3. The van der Waals surface area contributed by atoms with Crippen LogP contribution < -0.4 is 0 Å². The predicted octanol–water partition coefficient (Wildman–Crippen LogP) is 0.808. The SMILES string of the molecule is CC(=O)CC(=O)CC(=O)OOC(C)C. The Bertz CT molecular complexity index is 231. The smallest absolute Gasteiger partial charge is 0.300 e. The molecule has 0 atom stereocenters. The molecule has 0 aromatic rings. The van der Waals surface area contributed by atoms with Gasteiger partial charge in [-0.3, -0.25) is 14.5 Å². The van der Waals surface area contributed by atoms with Gasteiger partial charge in [0, 0.05) is 0 Å². The molecule has 0 aliphatic heterocycles. The number of Topliss-reactive ketones (excluding diaryl/α,β-unsaturated/α-hetero) is 2. The van der Waals surface area contributed by atoms with Gasteiger partial charge in [-0.1, -0.05) is 0 Å². The second-order valence-corrected chi connectivity index (χ2v) is 3.19. The van der Waals surface area contributed by atoms with Crippen LogP contribution in [0.4, 0.5) is 0 Å². The largest absolute Gasteiger partial charge is 0.349 e. The first-order valence-electron chi connectivity index (χ1n) is 4.29. The molecule has 0 saturated carbocycles. The van der Waals surface area contributed by atoms with Crippen molar-refractivity contribution in [1.29, 1.82) is 0 Å². The molecule has 0 heterocycles. The fourth-order valence-corrected chi connectivity index (χ4v) is 0.681. The predicted molar refractivity (Wildman–Crippen MR) is 47.2 cm³/mol. The van der Waals surface area contributed by atoms with Gasteiger partial charge in [-0.2, -0.15) is 4.89 Å². The number of hydrogen-bond donors (Lipinski definition) is 0. The van der Waals surface area contributed by atoms with Crippen LogP contribution in [0.15, 0.2) is 0 Å². The Morgan fingerprint density at radius 2 is 1.71 bits per heavy atom. The summed E-state index contributed by atoms with van der Waals surface area (Å²) in [6.45, 7) is 4.66. The number of rotatable bonds is 6. The van der Waals surface area contributed by atoms with Crippen LogP contribution in [0, 0.1) is 0 Å². The normalized spacial score (nSPS) is 10.0. The van der Waals surface area contributed by atoms with Crippen LogP contribution in [0.25, 0.3) is 0 Å². The van der Waals surface area contributed by atoms with Crippen LogP contribution in [-0.2, 0) is 24.2 Å². The molecule has 0 spiro atoms. The van der Waals surface area contributed by atoms with Gasteiger partial charge in [-0.25, -0.2) is 4.79 Å². The van der Waals surface area contributed by atoms with Crippen molar-refractivity contribution in [3.63, 3.8) is 0 Å². The van der Waals surface area contributed by atoms with Crippen molar-refractivity contribution >= 4 is 17.5 Å². The zero-order valence-corrected chi connectivity index (χ0v) is 8.53. The molecule has 0 bridgehead atoms. The van der Waals surface area contributed by atoms with Crippen LogP contribution in [0.1, 0.15) is 33.6 Å². The summed E-state index contributed by atoms with van der Waals surface area (Å²) in [5.41, 5.74) is 0. The summed E-state index contributed by atoms with van der Waals surface area (Å²) in [7, 11) is 0. The highest BCUT2D eigenvalue weighted by Crippen LogP contribution is 1.97. The summed E-state index contributed by atoms with van der Waals surface area (Å²) in [4.78, 5) is 41.1. The molecule has 0 amide bonds. The van der Waals surface area contributed by atoms with Crippen molar-refractivity contribution in [3.05, 3.63) is 0 Å². The van der Waals surface area contributed by atoms with Crippen LogP contribution in [0.2, 0.25) is 0 Å². The molecule has 5 heteroatoms. The molecule has 0 aliphatic rings. The maximum Gasteiger partial charge on any atom is 0.349 e. The molecule has 0 radical (unpaired) electrons. The minimum atomic E-state index is -0.773. The van der Waals surface area contributed by atoms with E-state index in [-0.39, 0.29) is 18.3 Å². The number of hydrogen-bond acceptors (Lipinski definition) is 5. The topological polar surface area (TPSA) is 69.7 Å². The second kappa shape index (κ2) is 6.26. The first-order valence-corrected chi connectivity index (χ1v) is 4.29. The lowest BCUT2D eigenvalue weighted by Gasteiger charge is -2.04. The summed E-state index contributed by atoms with van der Waals surface area (Å²) in [6.07, 6.45) is -0.912. The molecular weight excluding hydrogens is 188 g/mol. The Balaban J connectivity index is 3.72. The monoisotopic (exact) mass is 202 g/mol. The summed E-state index contributed by atoms with van der Waals surface area (Å²) >= 11 is 0. The number of carbonyl (C=O) groups excluding carboxylic acids is 3. The van der Waals surface area contributed by atoms with E-state index >= 15 is 0 Å². The highest BCUT2D eigenvalue weighted by atomic mass is 17.2. The third kappa shape index (κ3) is 7.42. The molecule has 0 rings (SSSR count). The maximum absolute atomic E-state index is 10.9. The van der Waals surface area contributed by atoms with Crippen molar-refractivity contribution in [2.75, 3.05) is 0 Å². The van der Waals surface area contributed by atoms with E-state index in [9.17, 15) is 14.4 Å². The lowest BCUT2D eigenvalue weighted by molar-refractivity contribution is -0.290. The lowest BCUT2D eigenvalue weighted by Crippen LogP contribution is -2.15. The van der Waals surface area contributed by atoms with Gasteiger partial charge in [0.05, 0.1) is 12.5 Å². The van der Waals surface area contributed by atoms with E-state index in [4.69, 9.17) is 0 Å². The average molecular weight is 202 g/mol. The second-order valence-electron chi connectivity index (χ2n) is 3.19. The zero-order valence-electron chi connectivity index (χ0n) is 8.53. The van der Waals surface area contributed by atoms with Crippen LogP contribution in [0.3, 0.4) is 0 Å². The van der Waals surface area contributed by atoms with Gasteiger partial charge in [-0.15, -0.1) is 0 Å². The van der Waals surface area contributed by atoms with Gasteiger partial charge < -0.3 is 0 Å². The van der Waals surface area contributed by atoms with Crippen molar-refractivity contribution in [2.45, 2.75) is 39.7 Å². The fourth-order valence-electron chi connectivity index (χ4n) is 0.681. The lowest BCUT2D eigenvalue weighted by atomic mass is 10.2. The maximum atomic E-state index is 10.9. The highest BCUT2D eigenvalue weighted by molar-refractivity contribution is 6.04. The van der Waals surface area contributed by atoms with E-state index in [2.05, 4.69) is 9.78 Å². The molecule has 80 valence electrons. The molecule has 0 fully saturated rings. The Kier molecular flexibility index (Phi) is 5.71. The highest BCUT2D eigenvalue weighted by Gasteiger charge is 2.13. The number of carbonyl (C=O) groups is 3. The van der Waals surface area contributed by atoms with Crippen LogP contribution in [-0.4, -0.2) is 23.6 Å². The van der Waals surface area contributed by atoms with Crippen molar-refractivity contribution in [3.8, 4) is 0 Å². The van der Waals surface area contributed by atoms with Crippen molar-refractivity contribution in [1.82, 2.24) is 0 Å². The summed E-state index contributed by atoms with van der Waals surface area (Å²) in [6, 6.07) is 0. The summed E-state index contributed by atoms with van der Waals surface area (Å²) in [5.74, 6) is -1.51. The molecular formula is C9H14O5. The van der Waals surface area contributed by atoms with Crippen molar-refractivity contribution < 1.29 is 24.2 Å². The summed E-state index contributed by atoms with van der Waals surface area (Å²) < 4.78 is 0. The molecule has 14 heavy (non-hydrogen) atoms. The molecule has 0 aromatic carbocycles. The van der Waals surface area contributed by atoms with E-state index in [1.165, 1.54) is 6.92 Å². The quantitative estimate of drug-likeness (QED) is 0.362. The molecule has 5 nitrogen and oxygen atoms in total. The average Bonchev–Trinajstić information content (AvgIpc) is 1.98. The third-order valence-corrected chi connectivity index (χ3v) is 1.12. The molecule has 0 N–H and O–H groups in total. The molecule has 0 saturated heterocycles. The van der Waals surface area contributed by atoms with Gasteiger partial charge in [-0.05, 0) is 20.8 Å². The van der Waals surface area contributed by atoms with E-state index < -0.39 is 18.2 Å². The van der Waals surface area contributed by atoms with E-state index in [0.29, 0.717) is 0 Å². The number of ketones is 2. The van der Waals surface area contributed by atoms with Gasteiger partial charge in [0.1, 0.15) is 12.2 Å². The van der Waals surface area contributed by atoms with Crippen LogP contribution in [0.5, 0.6) is 0 Å². The molecule has 0 aromatic heterocycles. The van der Waals surface area contributed by atoms with E-state index in [1.807, 2.05) is 0 Å². The minimum Gasteiger partial charge on any atom is -0.300 e. The minimum absolute atomic E-state index is 0.239. The Morgan fingerprint density at radius 3 is 2.14 bits per heavy atom. The van der Waals surface area contributed by atoms with Crippen LogP contribution >= 0.6 is 0 Å². The van der Waals surface area contributed by atoms with Crippen molar-refractivity contribution in [2.24, 2.45) is 0 Å². The Labute approximate surface area is 82.3 Å². The zero-order chi connectivity index (χ0) is 11.1. The van der Waals surface area contributed by atoms with E-state index in [1.54, 1.807) is 13.8 Å². The first kappa shape index (κ1) is 12.8. The molecule has 0 unspecified atom stereocenters. The summed E-state index contributed by atoms with van der Waals surface area (Å²) in [5, 5.41) is 0. The van der Waals surface area contributed by atoms with Gasteiger partial charge in [0.15, 0.2) is 5.78 Å². The van der Waals surface area contributed by atoms with Gasteiger partial charge >= 0.3 is 5.97 Å². The Morgan fingerprint density at radius 1 is 1.14 bits per heavy atom. The van der Waals surface area contributed by atoms with Gasteiger partial charge in [0.25, 0.3) is 0 Å². The Hall–Kier alpha value is -1.23.